The quantitative estimate of drug-likeness (QED) is 0.0188. The largest absolute Gasteiger partial charge is 0.462 e. The van der Waals surface area contributed by atoms with Crippen LogP contribution in [0.2, 0.25) is 0 Å². The van der Waals surface area contributed by atoms with Crippen LogP contribution in [-0.2, 0) is 9.59 Å². The number of nitrogens with two attached hydrogens (primary N) is 3. The number of alkyl halides is 1. The van der Waals surface area contributed by atoms with Crippen LogP contribution in [0.15, 0.2) is 15.7 Å². The molecule has 0 aliphatic carbocycles. The highest BCUT2D eigenvalue weighted by molar-refractivity contribution is 9.09. The molecule has 0 radical (unpaired) electrons. The molecule has 4 aromatic rings. The normalized spacial score (nSPS) is 11.0. The number of aromatic nitrogens is 8. The first-order valence-electron chi connectivity index (χ1n) is 30.4. The number of H-pyrrole nitrogens is 2. The summed E-state index contributed by atoms with van der Waals surface area (Å²) in [5.41, 5.74) is 19.5. The Labute approximate surface area is 543 Å². The van der Waals surface area contributed by atoms with Crippen molar-refractivity contribution >= 4 is 50.6 Å². The number of hydrogen-bond acceptors (Lipinski definition) is 21. The minimum Gasteiger partial charge on any atom is -0.462 e. The molecule has 2 amide bonds. The molecule has 0 aromatic carbocycles. The molecule has 28 heteroatoms. The molecule has 27 nitrogen and oxygen atoms in total. The average molecular weight is 1340 g/mol. The summed E-state index contributed by atoms with van der Waals surface area (Å²) in [5, 5.41) is 23.4. The minimum atomic E-state index is -0.833. The van der Waals surface area contributed by atoms with Gasteiger partial charge in [-0.2, -0.15) is 29.9 Å². The molecule has 512 valence electrons. The number of nitrogens with one attached hydrogen (secondary N) is 2. The lowest BCUT2D eigenvalue weighted by Gasteiger charge is -2.17. The van der Waals surface area contributed by atoms with Crippen LogP contribution in [0.1, 0.15) is 238 Å². The zero-order valence-electron chi connectivity index (χ0n) is 58.8. The number of rotatable bonds is 24. The Hall–Kier alpha value is -6.91. The van der Waals surface area contributed by atoms with Crippen molar-refractivity contribution in [2.75, 3.05) is 86.2 Å². The highest BCUT2D eigenvalue weighted by Gasteiger charge is 2.29. The van der Waals surface area contributed by atoms with E-state index in [-0.39, 0.29) is 94.1 Å². The molecule has 0 spiro atoms. The van der Waals surface area contributed by atoms with Crippen molar-refractivity contribution in [1.82, 2.24) is 54.6 Å². The van der Waals surface area contributed by atoms with Crippen molar-refractivity contribution in [3.8, 4) is 12.0 Å². The van der Waals surface area contributed by atoms with Crippen LogP contribution in [0.3, 0.4) is 0 Å². The number of likely N-dealkylation sites (N-methyl/N-ethyl adjacent to an activating group) is 2. The van der Waals surface area contributed by atoms with Crippen molar-refractivity contribution in [1.29, 1.82) is 0 Å². The number of nitro groups is 2. The van der Waals surface area contributed by atoms with Crippen LogP contribution in [0, 0.1) is 32.1 Å². The second-order valence-electron chi connectivity index (χ2n) is 24.9. The molecule has 0 unspecified atom stereocenters. The monoisotopic (exact) mass is 1330 g/mol. The van der Waals surface area contributed by atoms with Gasteiger partial charge in [0.2, 0.25) is 0 Å². The number of amides is 2. The SMILES string of the molecule is CC(C)C(=O)CC(=O)C(C)C.CC(C)c1cc(C(C)C)[nH]c(=O)n1.CC(C)c1nc(=O)[nH]c(C(C)C)c1[N+](=O)[O-].CC(C)c1nc(OCCN(C)C)nc(C(C)C)c1N.CC(C)c1nc(OCCN(C)C)nc(C(C)C)c1[N+](=O)[O-].CN(C)CCBr.NC(N)=O. The molecule has 0 saturated heterocycles. The van der Waals surface area contributed by atoms with Crippen LogP contribution in [0.25, 0.3) is 0 Å². The number of anilines is 1. The molecular formula is C62H111BrN16O11. The molecule has 4 aromatic heterocycles. The second kappa shape index (κ2) is 44.5. The van der Waals surface area contributed by atoms with Crippen molar-refractivity contribution in [3.63, 3.8) is 0 Å². The maximum Gasteiger partial charge on any atom is 0.345 e. The summed E-state index contributed by atoms with van der Waals surface area (Å²) in [6.45, 7) is 42.1. The Kier molecular flexibility index (Phi) is 43.2. The van der Waals surface area contributed by atoms with Gasteiger partial charge in [0.1, 0.15) is 47.6 Å². The van der Waals surface area contributed by atoms with Gasteiger partial charge in [0.25, 0.3) is 0 Å². The number of aromatic amines is 2. The van der Waals surface area contributed by atoms with E-state index in [2.05, 4.69) is 133 Å². The van der Waals surface area contributed by atoms with E-state index in [9.17, 15) is 39.4 Å². The summed E-state index contributed by atoms with van der Waals surface area (Å²) in [6, 6.07) is 1.79. The van der Waals surface area contributed by atoms with Crippen LogP contribution in [-0.4, -0.2) is 162 Å². The lowest BCUT2D eigenvalue weighted by molar-refractivity contribution is -0.387. The molecule has 4 rings (SSSR count). The Morgan fingerprint density at radius 1 is 0.511 bits per heavy atom. The zero-order valence-corrected chi connectivity index (χ0v) is 60.4. The molecule has 0 aliphatic heterocycles. The van der Waals surface area contributed by atoms with Crippen molar-refractivity contribution in [3.05, 3.63) is 92.8 Å². The fourth-order valence-electron chi connectivity index (χ4n) is 6.96. The molecule has 0 fully saturated rings. The summed E-state index contributed by atoms with van der Waals surface area (Å²) in [5.74, 6) is 0.821. The van der Waals surface area contributed by atoms with Gasteiger partial charge in [0, 0.05) is 66.2 Å². The van der Waals surface area contributed by atoms with E-state index < -0.39 is 21.6 Å². The standard InChI is InChI=1S/C14H24N4O3.C14H26N4O.C10H15N3O3.C10H16N2O.C9H16O2.C4H10BrN.CH4N2O/c1-9(2)11-13(18(19)20)12(10(3)4)16-14(15-11)21-8-7-17(5)6;1-9(2)12-11(15)13(10(3)4)17-14(16-12)19-8-7-18(5)6;1-5(2)7-9(13(15)16)8(6(3)4)12-10(14)11-7;1-6(2)8-5-9(7(3)4)12-10(13)11-8;1-6(2)8(10)5-9(11)7(3)4;1-6(2)4-3-5;2-1(3)4/h9-10H,7-8H2,1-6H3;9-10H,7-8,15H2,1-6H3;5-6H,1-4H3,(H,11,12,14);5-7H,1-4H3,(H,11,12,13);6-7H,5H2,1-4H3;3-4H2,1-2H3;(H4,2,3,4). The third-order valence-electron chi connectivity index (χ3n) is 12.2. The van der Waals surface area contributed by atoms with E-state index in [0.717, 1.165) is 47.7 Å². The van der Waals surface area contributed by atoms with Crippen LogP contribution in [0.4, 0.5) is 21.9 Å². The van der Waals surface area contributed by atoms with E-state index >= 15 is 0 Å². The predicted octanol–water partition coefficient (Wildman–Crippen LogP) is 10.6. The van der Waals surface area contributed by atoms with Gasteiger partial charge in [-0.15, -0.1) is 0 Å². The fourth-order valence-corrected chi connectivity index (χ4v) is 7.67. The number of primary amides is 2. The number of nitrogens with zero attached hydrogens (tertiary/aromatic N) is 11. The van der Waals surface area contributed by atoms with E-state index in [0.29, 0.717) is 53.8 Å². The highest BCUT2D eigenvalue weighted by atomic mass is 79.9. The Morgan fingerprint density at radius 3 is 1.11 bits per heavy atom. The summed E-state index contributed by atoms with van der Waals surface area (Å²) in [4.78, 5) is 111. The van der Waals surface area contributed by atoms with Crippen LogP contribution >= 0.6 is 15.9 Å². The summed E-state index contributed by atoms with van der Waals surface area (Å²) < 4.78 is 11.2. The van der Waals surface area contributed by atoms with Crippen molar-refractivity contribution in [2.24, 2.45) is 23.3 Å². The topological polar surface area (TPSA) is 387 Å². The number of carbonyl (C=O) groups excluding carboxylic acids is 3. The second-order valence-corrected chi connectivity index (χ2v) is 25.7. The maximum absolute atomic E-state index is 11.3. The van der Waals surface area contributed by atoms with Gasteiger partial charge < -0.3 is 51.3 Å². The summed E-state index contributed by atoms with van der Waals surface area (Å²) in [7, 11) is 12.0. The molecule has 90 heavy (non-hydrogen) atoms. The zero-order chi connectivity index (χ0) is 70.8. The first-order chi connectivity index (χ1) is 41.4. The molecule has 0 bridgehead atoms. The number of ether oxygens (including phenoxy) is 2. The number of halogens is 1. The van der Waals surface area contributed by atoms with Gasteiger partial charge >= 0.3 is 40.8 Å². The third kappa shape index (κ3) is 36.1. The number of hydrogen-bond donors (Lipinski definition) is 5. The molecule has 0 atom stereocenters. The number of Topliss-reactive ketones (excluding diaryl/α,β-unsaturated/α-hetero) is 2. The molecular weight excluding hydrogens is 1220 g/mol. The molecule has 8 N–H and O–H groups in total. The minimum absolute atomic E-state index is 0.0139. The van der Waals surface area contributed by atoms with Gasteiger partial charge in [-0.1, -0.05) is 154 Å². The summed E-state index contributed by atoms with van der Waals surface area (Å²) >= 11 is 3.31. The Balaban J connectivity index is -0.00000102. The molecule has 0 aliphatic rings. The smallest absolute Gasteiger partial charge is 0.345 e. The van der Waals surface area contributed by atoms with Crippen molar-refractivity contribution < 1.29 is 33.7 Å². The van der Waals surface area contributed by atoms with E-state index in [1.165, 1.54) is 0 Å². The van der Waals surface area contributed by atoms with Gasteiger partial charge in [-0.3, -0.25) is 29.8 Å². The van der Waals surface area contributed by atoms with Gasteiger partial charge in [0.05, 0.1) is 39.0 Å². The van der Waals surface area contributed by atoms with Gasteiger partial charge in [-0.25, -0.2) is 14.4 Å². The Bertz CT molecular complexity index is 2780. The van der Waals surface area contributed by atoms with Gasteiger partial charge in [-0.05, 0) is 72.0 Å². The van der Waals surface area contributed by atoms with E-state index in [4.69, 9.17) is 20.0 Å². The number of urea groups is 1. The van der Waals surface area contributed by atoms with E-state index in [1.54, 1.807) is 27.7 Å². The lowest BCUT2D eigenvalue weighted by Crippen LogP contribution is -2.20. The van der Waals surface area contributed by atoms with E-state index in [1.807, 2.05) is 108 Å². The number of carbonyl (C=O) groups is 3. The third-order valence-corrected chi connectivity index (χ3v) is 12.6. The average Bonchev–Trinajstić information content (AvgIpc) is 3.40. The van der Waals surface area contributed by atoms with Crippen LogP contribution < -0.4 is 38.1 Å². The number of ketones is 2. The number of nitrogen functional groups attached to an aromatic ring is 1. The Morgan fingerprint density at radius 2 is 0.844 bits per heavy atom. The first-order valence-corrected chi connectivity index (χ1v) is 31.5. The van der Waals surface area contributed by atoms with Crippen molar-refractivity contribution in [2.45, 2.75) is 192 Å². The van der Waals surface area contributed by atoms with Crippen LogP contribution in [0.5, 0.6) is 12.0 Å². The maximum atomic E-state index is 11.3. The molecule has 0 saturated carbocycles. The summed E-state index contributed by atoms with van der Waals surface area (Å²) in [6.07, 6.45) is 0.106. The molecule has 4 heterocycles. The first kappa shape index (κ1) is 87.3. The highest BCUT2D eigenvalue weighted by Crippen LogP contribution is 2.34. The lowest BCUT2D eigenvalue weighted by atomic mass is 9.98. The predicted molar refractivity (Wildman–Crippen MR) is 363 cm³/mol. The van der Waals surface area contributed by atoms with Gasteiger partial charge in [0.15, 0.2) is 0 Å². The fraction of sp³-hybridized carbons (Fsp3) is 0.694.